The highest BCUT2D eigenvalue weighted by Crippen LogP contribution is 2.04. The van der Waals surface area contributed by atoms with E-state index in [0.29, 0.717) is 5.69 Å². The molecule has 1 aromatic rings. The molecule has 0 bridgehead atoms. The van der Waals surface area contributed by atoms with Gasteiger partial charge in [-0.3, -0.25) is 19.2 Å². The number of carbonyl (C=O) groups excluding carboxylic acids is 4. The third-order valence-electron chi connectivity index (χ3n) is 2.28. The van der Waals surface area contributed by atoms with E-state index in [2.05, 4.69) is 20.1 Å². The molecule has 0 saturated heterocycles. The molecule has 126 valence electrons. The number of para-hydroxylation sites is 1. The monoisotopic (exact) mass is 324 g/mol. The fourth-order valence-electron chi connectivity index (χ4n) is 1.18. The molecule has 0 radical (unpaired) electrons. The van der Waals surface area contributed by atoms with E-state index in [4.69, 9.17) is 0 Å². The molecule has 0 unspecified atom stereocenters. The van der Waals surface area contributed by atoms with Crippen LogP contribution in [0.4, 0.5) is 5.69 Å². The third kappa shape index (κ3) is 11.4. The Bertz CT molecular complexity index is 516. The molecule has 8 heteroatoms. The summed E-state index contributed by atoms with van der Waals surface area (Å²) in [5.74, 6) is -1.66. The van der Waals surface area contributed by atoms with Crippen LogP contribution in [0.15, 0.2) is 30.3 Å². The van der Waals surface area contributed by atoms with Crippen LogP contribution < -0.4 is 10.6 Å². The summed E-state index contributed by atoms with van der Waals surface area (Å²) >= 11 is 0. The van der Waals surface area contributed by atoms with Crippen LogP contribution >= 0.6 is 0 Å². The summed E-state index contributed by atoms with van der Waals surface area (Å²) < 4.78 is 8.75. The molecular weight excluding hydrogens is 304 g/mol. The average molecular weight is 324 g/mol. The highest BCUT2D eigenvalue weighted by atomic mass is 16.5. The Labute approximate surface area is 134 Å². The lowest BCUT2D eigenvalue weighted by molar-refractivity contribution is -0.145. The van der Waals surface area contributed by atoms with Crippen molar-refractivity contribution in [2.24, 2.45) is 0 Å². The first kappa shape index (κ1) is 20.1. The van der Waals surface area contributed by atoms with E-state index < -0.39 is 11.9 Å². The van der Waals surface area contributed by atoms with Crippen LogP contribution in [0.5, 0.6) is 0 Å². The molecule has 0 spiro atoms. The molecule has 0 aliphatic rings. The van der Waals surface area contributed by atoms with Crippen molar-refractivity contribution in [3.05, 3.63) is 30.3 Å². The smallest absolute Gasteiger partial charge is 0.315 e. The fourth-order valence-corrected chi connectivity index (χ4v) is 1.18. The summed E-state index contributed by atoms with van der Waals surface area (Å²) in [4.78, 5) is 42.2. The van der Waals surface area contributed by atoms with Gasteiger partial charge in [0, 0.05) is 19.7 Å². The van der Waals surface area contributed by atoms with E-state index in [9.17, 15) is 19.2 Å². The molecule has 0 fully saturated rings. The molecule has 2 amide bonds. The molecule has 0 aliphatic carbocycles. The van der Waals surface area contributed by atoms with Crippen molar-refractivity contribution in [1.82, 2.24) is 5.32 Å². The minimum atomic E-state index is -0.519. The van der Waals surface area contributed by atoms with Crippen LogP contribution in [-0.4, -0.2) is 44.5 Å². The number of hydrogen-bond acceptors (Lipinski definition) is 6. The van der Waals surface area contributed by atoms with Crippen LogP contribution in [0, 0.1) is 0 Å². The number of carbonyl (C=O) groups is 4. The van der Waals surface area contributed by atoms with Gasteiger partial charge in [0.1, 0.15) is 6.42 Å². The Morgan fingerprint density at radius 2 is 1.65 bits per heavy atom. The largest absolute Gasteiger partial charge is 0.469 e. The molecule has 0 aromatic heterocycles. The zero-order valence-corrected chi connectivity index (χ0v) is 13.3. The van der Waals surface area contributed by atoms with Gasteiger partial charge < -0.3 is 20.1 Å². The van der Waals surface area contributed by atoms with E-state index >= 15 is 0 Å². The second kappa shape index (κ2) is 11.7. The predicted molar refractivity (Wildman–Crippen MR) is 82.4 cm³/mol. The molecule has 8 nitrogen and oxygen atoms in total. The number of benzene rings is 1. The Hall–Kier alpha value is -2.90. The molecule has 23 heavy (non-hydrogen) atoms. The molecule has 0 aliphatic heterocycles. The van der Waals surface area contributed by atoms with Crippen LogP contribution in [0.1, 0.15) is 13.3 Å². The first-order chi connectivity index (χ1) is 10.9. The average Bonchev–Trinajstić information content (AvgIpc) is 2.54. The minimum absolute atomic E-state index is 0.201. The van der Waals surface area contributed by atoms with Crippen molar-refractivity contribution < 1.29 is 28.7 Å². The summed E-state index contributed by atoms with van der Waals surface area (Å²) in [7, 11) is 2.70. The van der Waals surface area contributed by atoms with E-state index in [1.807, 2.05) is 6.07 Å². The molecule has 1 aromatic carbocycles. The van der Waals surface area contributed by atoms with Crippen molar-refractivity contribution in [3.8, 4) is 0 Å². The van der Waals surface area contributed by atoms with E-state index in [0.717, 1.165) is 0 Å². The molecule has 1 rings (SSSR count). The zero-order chi connectivity index (χ0) is 17.7. The second-order valence-corrected chi connectivity index (χ2v) is 4.12. The Balaban J connectivity index is 0.000000468. The molecule has 0 heterocycles. The number of nitrogens with one attached hydrogen (secondary N) is 2. The Morgan fingerprint density at radius 3 is 2.13 bits per heavy atom. The Kier molecular flexibility index (Phi) is 10.2. The maximum absolute atomic E-state index is 11.1. The number of anilines is 1. The first-order valence-electron chi connectivity index (χ1n) is 6.64. The minimum Gasteiger partial charge on any atom is -0.469 e. The normalized spacial score (nSPS) is 8.83. The van der Waals surface area contributed by atoms with Gasteiger partial charge in [0.25, 0.3) is 5.91 Å². The van der Waals surface area contributed by atoms with Crippen molar-refractivity contribution >= 4 is 29.4 Å². The molecular formula is C15H20N2O6. The SMILES string of the molecule is CC(=O)OCC(=O)Nc1ccccc1.CNC(=O)CC(=O)OC. The summed E-state index contributed by atoms with van der Waals surface area (Å²) in [5.41, 5.74) is 0.685. The maximum Gasteiger partial charge on any atom is 0.315 e. The van der Waals surface area contributed by atoms with Crippen LogP contribution in [-0.2, 0) is 28.7 Å². The van der Waals surface area contributed by atoms with Gasteiger partial charge in [-0.2, -0.15) is 0 Å². The zero-order valence-electron chi connectivity index (χ0n) is 13.3. The van der Waals surface area contributed by atoms with Crippen molar-refractivity contribution in [2.45, 2.75) is 13.3 Å². The standard InChI is InChI=1S/C10H11NO3.C5H9NO3/c1-8(12)14-7-10(13)11-9-5-3-2-4-6-9;1-6-4(7)3-5(8)9-2/h2-6H,7H2,1H3,(H,11,13);3H2,1-2H3,(H,6,7). The lowest BCUT2D eigenvalue weighted by Gasteiger charge is -2.04. The van der Waals surface area contributed by atoms with Gasteiger partial charge >= 0.3 is 11.9 Å². The second-order valence-electron chi connectivity index (χ2n) is 4.12. The van der Waals surface area contributed by atoms with Crippen molar-refractivity contribution in [1.29, 1.82) is 0 Å². The first-order valence-corrected chi connectivity index (χ1v) is 6.64. The van der Waals surface area contributed by atoms with Gasteiger partial charge in [-0.25, -0.2) is 0 Å². The van der Waals surface area contributed by atoms with Crippen LogP contribution in [0.2, 0.25) is 0 Å². The summed E-state index contributed by atoms with van der Waals surface area (Å²) in [6.45, 7) is 1.01. The number of amides is 2. The van der Waals surface area contributed by atoms with E-state index in [1.165, 1.54) is 21.1 Å². The number of esters is 2. The highest BCUT2D eigenvalue weighted by Gasteiger charge is 2.05. The molecule has 0 saturated carbocycles. The summed E-state index contributed by atoms with van der Waals surface area (Å²) in [5, 5.41) is 4.87. The number of hydrogen-bond donors (Lipinski definition) is 2. The lowest BCUT2D eigenvalue weighted by Crippen LogP contribution is -2.21. The van der Waals surface area contributed by atoms with Gasteiger partial charge in [0.2, 0.25) is 5.91 Å². The van der Waals surface area contributed by atoms with E-state index in [1.54, 1.807) is 24.3 Å². The number of rotatable bonds is 5. The van der Waals surface area contributed by atoms with Crippen LogP contribution in [0.25, 0.3) is 0 Å². The van der Waals surface area contributed by atoms with Crippen LogP contribution in [0.3, 0.4) is 0 Å². The molecule has 0 atom stereocenters. The number of methoxy groups -OCH3 is 1. The van der Waals surface area contributed by atoms with Crippen molar-refractivity contribution in [2.75, 3.05) is 26.1 Å². The fraction of sp³-hybridized carbons (Fsp3) is 0.333. The van der Waals surface area contributed by atoms with Gasteiger partial charge in [-0.1, -0.05) is 18.2 Å². The third-order valence-corrected chi connectivity index (χ3v) is 2.28. The highest BCUT2D eigenvalue weighted by molar-refractivity contribution is 5.94. The predicted octanol–water partition coefficient (Wildman–Crippen LogP) is 0.484. The number of ether oxygens (including phenoxy) is 2. The van der Waals surface area contributed by atoms with Gasteiger partial charge in [-0.05, 0) is 12.1 Å². The lowest BCUT2D eigenvalue weighted by atomic mass is 10.3. The molecule has 2 N–H and O–H groups in total. The topological polar surface area (TPSA) is 111 Å². The summed E-state index contributed by atoms with van der Waals surface area (Å²) in [6.07, 6.45) is -0.201. The van der Waals surface area contributed by atoms with Gasteiger partial charge in [0.15, 0.2) is 6.61 Å². The van der Waals surface area contributed by atoms with Crippen molar-refractivity contribution in [3.63, 3.8) is 0 Å². The quantitative estimate of drug-likeness (QED) is 0.602. The Morgan fingerprint density at radius 1 is 1.04 bits per heavy atom. The van der Waals surface area contributed by atoms with Gasteiger partial charge in [-0.15, -0.1) is 0 Å². The maximum atomic E-state index is 11.1. The van der Waals surface area contributed by atoms with Gasteiger partial charge in [0.05, 0.1) is 7.11 Å². The van der Waals surface area contributed by atoms with E-state index in [-0.39, 0.29) is 24.8 Å². The summed E-state index contributed by atoms with van der Waals surface area (Å²) in [6, 6.07) is 8.97.